The van der Waals surface area contributed by atoms with Crippen molar-refractivity contribution in [2.24, 2.45) is 10.9 Å². The van der Waals surface area contributed by atoms with E-state index >= 15 is 0 Å². The molecular formula is C12H18N2O2. The van der Waals surface area contributed by atoms with Gasteiger partial charge < -0.3 is 15.7 Å². The number of amidine groups is 1. The lowest BCUT2D eigenvalue weighted by Crippen LogP contribution is -2.13. The molecule has 0 bridgehead atoms. The molecule has 0 saturated carbocycles. The first kappa shape index (κ1) is 12.4. The zero-order valence-corrected chi connectivity index (χ0v) is 9.52. The highest BCUT2D eigenvalue weighted by Crippen LogP contribution is 2.18. The van der Waals surface area contributed by atoms with Crippen molar-refractivity contribution in [3.8, 4) is 5.75 Å². The Bertz CT molecular complexity index is 351. The number of oxime groups is 1. The molecule has 0 aliphatic heterocycles. The van der Waals surface area contributed by atoms with Crippen LogP contribution in [0.25, 0.3) is 0 Å². The summed E-state index contributed by atoms with van der Waals surface area (Å²) in [6.45, 7) is 2.67. The Kier molecular flexibility index (Phi) is 5.19. The van der Waals surface area contributed by atoms with Crippen LogP contribution >= 0.6 is 0 Å². The third kappa shape index (κ3) is 3.81. The van der Waals surface area contributed by atoms with Crippen LogP contribution in [-0.4, -0.2) is 17.6 Å². The molecule has 0 atom stereocenters. The van der Waals surface area contributed by atoms with Crippen molar-refractivity contribution >= 4 is 5.84 Å². The average molecular weight is 222 g/mol. The molecule has 1 aromatic carbocycles. The summed E-state index contributed by atoms with van der Waals surface area (Å²) >= 11 is 0. The summed E-state index contributed by atoms with van der Waals surface area (Å²) in [6, 6.07) is 7.97. The Hall–Kier alpha value is -1.71. The molecule has 0 amide bonds. The molecule has 3 N–H and O–H groups in total. The summed E-state index contributed by atoms with van der Waals surface area (Å²) in [6.07, 6.45) is 2.25. The zero-order chi connectivity index (χ0) is 11.8. The average Bonchev–Trinajstić information content (AvgIpc) is 2.34. The fourth-order valence-electron chi connectivity index (χ4n) is 1.42. The number of aryl methyl sites for hydroxylation is 1. The summed E-state index contributed by atoms with van der Waals surface area (Å²) in [5.41, 5.74) is 6.55. The number of hydrogen-bond acceptors (Lipinski definition) is 3. The predicted octanol–water partition coefficient (Wildman–Crippen LogP) is 2.15. The van der Waals surface area contributed by atoms with Gasteiger partial charge in [-0.05, 0) is 24.5 Å². The molecule has 88 valence electrons. The van der Waals surface area contributed by atoms with Gasteiger partial charge in [0.05, 0.1) is 6.61 Å². The highest BCUT2D eigenvalue weighted by molar-refractivity contribution is 5.79. The van der Waals surface area contributed by atoms with Crippen molar-refractivity contribution in [1.82, 2.24) is 0 Å². The van der Waals surface area contributed by atoms with Crippen LogP contribution in [0.2, 0.25) is 0 Å². The normalized spacial score (nSPS) is 11.4. The molecule has 4 nitrogen and oxygen atoms in total. The van der Waals surface area contributed by atoms with Gasteiger partial charge in [0.15, 0.2) is 0 Å². The van der Waals surface area contributed by atoms with E-state index in [0.29, 0.717) is 13.0 Å². The van der Waals surface area contributed by atoms with Gasteiger partial charge in [0.2, 0.25) is 0 Å². The van der Waals surface area contributed by atoms with Gasteiger partial charge in [-0.3, -0.25) is 0 Å². The van der Waals surface area contributed by atoms with E-state index in [2.05, 4.69) is 18.1 Å². The Morgan fingerprint density at radius 2 is 2.19 bits per heavy atom. The van der Waals surface area contributed by atoms with E-state index in [-0.39, 0.29) is 5.84 Å². The predicted molar refractivity (Wildman–Crippen MR) is 64.0 cm³/mol. The fourth-order valence-corrected chi connectivity index (χ4v) is 1.42. The van der Waals surface area contributed by atoms with Gasteiger partial charge in [-0.1, -0.05) is 30.3 Å². The molecular weight excluding hydrogens is 204 g/mol. The monoisotopic (exact) mass is 222 g/mol. The molecule has 0 fully saturated rings. The van der Waals surface area contributed by atoms with Crippen LogP contribution in [0, 0.1) is 0 Å². The minimum absolute atomic E-state index is 0.243. The van der Waals surface area contributed by atoms with E-state index in [9.17, 15) is 0 Å². The maximum atomic E-state index is 8.36. The van der Waals surface area contributed by atoms with Crippen LogP contribution in [0.1, 0.15) is 25.3 Å². The highest BCUT2D eigenvalue weighted by Gasteiger charge is 2.00. The number of ether oxygens (including phenoxy) is 1. The maximum absolute atomic E-state index is 8.36. The van der Waals surface area contributed by atoms with Crippen LogP contribution in [0.3, 0.4) is 0 Å². The number of rotatable bonds is 6. The van der Waals surface area contributed by atoms with Gasteiger partial charge in [0.1, 0.15) is 11.6 Å². The van der Waals surface area contributed by atoms with E-state index < -0.39 is 0 Å². The summed E-state index contributed by atoms with van der Waals surface area (Å²) < 4.78 is 5.63. The second kappa shape index (κ2) is 6.71. The van der Waals surface area contributed by atoms with Gasteiger partial charge in [-0.15, -0.1) is 0 Å². The van der Waals surface area contributed by atoms with Crippen LogP contribution in [0.15, 0.2) is 29.4 Å². The van der Waals surface area contributed by atoms with E-state index in [0.717, 1.165) is 18.6 Å². The van der Waals surface area contributed by atoms with E-state index in [1.807, 2.05) is 18.2 Å². The molecule has 0 aliphatic rings. The number of nitrogens with zero attached hydrogens (tertiary/aromatic N) is 1. The Morgan fingerprint density at radius 1 is 1.44 bits per heavy atom. The SMILES string of the molecule is CCc1ccccc1OCCC/C(N)=N/O. The van der Waals surface area contributed by atoms with Crippen LogP contribution < -0.4 is 10.5 Å². The molecule has 1 rings (SSSR count). The lowest BCUT2D eigenvalue weighted by atomic mass is 10.1. The smallest absolute Gasteiger partial charge is 0.139 e. The fraction of sp³-hybridized carbons (Fsp3) is 0.417. The van der Waals surface area contributed by atoms with Crippen LogP contribution in [-0.2, 0) is 6.42 Å². The Labute approximate surface area is 95.7 Å². The Morgan fingerprint density at radius 3 is 2.88 bits per heavy atom. The van der Waals surface area contributed by atoms with Crippen molar-refractivity contribution in [3.05, 3.63) is 29.8 Å². The van der Waals surface area contributed by atoms with Gasteiger partial charge in [0.25, 0.3) is 0 Å². The molecule has 0 saturated heterocycles. The lowest BCUT2D eigenvalue weighted by molar-refractivity contribution is 0.303. The van der Waals surface area contributed by atoms with Crippen molar-refractivity contribution in [2.45, 2.75) is 26.2 Å². The van der Waals surface area contributed by atoms with Crippen molar-refractivity contribution in [1.29, 1.82) is 0 Å². The van der Waals surface area contributed by atoms with Gasteiger partial charge in [0, 0.05) is 6.42 Å². The Balaban J connectivity index is 2.37. The third-order valence-corrected chi connectivity index (χ3v) is 2.32. The first-order valence-corrected chi connectivity index (χ1v) is 5.45. The second-order valence-corrected chi connectivity index (χ2v) is 3.50. The number of benzene rings is 1. The molecule has 0 spiro atoms. The first-order valence-electron chi connectivity index (χ1n) is 5.45. The molecule has 4 heteroatoms. The summed E-state index contributed by atoms with van der Waals surface area (Å²) in [4.78, 5) is 0. The number of para-hydroxylation sites is 1. The highest BCUT2D eigenvalue weighted by atomic mass is 16.5. The number of hydrogen-bond donors (Lipinski definition) is 2. The summed E-state index contributed by atoms with van der Waals surface area (Å²) in [7, 11) is 0. The summed E-state index contributed by atoms with van der Waals surface area (Å²) in [5, 5.41) is 11.3. The second-order valence-electron chi connectivity index (χ2n) is 3.50. The minimum Gasteiger partial charge on any atom is -0.493 e. The topological polar surface area (TPSA) is 67.8 Å². The van der Waals surface area contributed by atoms with Crippen molar-refractivity contribution in [3.63, 3.8) is 0 Å². The first-order chi connectivity index (χ1) is 7.77. The maximum Gasteiger partial charge on any atom is 0.139 e. The molecule has 16 heavy (non-hydrogen) atoms. The molecule has 0 heterocycles. The zero-order valence-electron chi connectivity index (χ0n) is 9.52. The molecule has 0 radical (unpaired) electrons. The van der Waals surface area contributed by atoms with Crippen molar-refractivity contribution < 1.29 is 9.94 Å². The van der Waals surface area contributed by atoms with E-state index in [1.54, 1.807) is 0 Å². The molecule has 1 aromatic rings. The van der Waals surface area contributed by atoms with Gasteiger partial charge >= 0.3 is 0 Å². The van der Waals surface area contributed by atoms with Gasteiger partial charge in [-0.2, -0.15) is 0 Å². The van der Waals surface area contributed by atoms with Gasteiger partial charge in [-0.25, -0.2) is 0 Å². The van der Waals surface area contributed by atoms with Crippen LogP contribution in [0.5, 0.6) is 5.75 Å². The standard InChI is InChI=1S/C12H18N2O2/c1-2-10-6-3-4-7-11(10)16-9-5-8-12(13)14-15/h3-4,6-7,15H,2,5,8-9H2,1H3,(H2,13,14). The third-order valence-electron chi connectivity index (χ3n) is 2.32. The minimum atomic E-state index is 0.243. The summed E-state index contributed by atoms with van der Waals surface area (Å²) in [5.74, 6) is 1.16. The van der Waals surface area contributed by atoms with Crippen molar-refractivity contribution in [2.75, 3.05) is 6.61 Å². The lowest BCUT2D eigenvalue weighted by Gasteiger charge is -2.09. The van der Waals surface area contributed by atoms with Crippen LogP contribution in [0.4, 0.5) is 0 Å². The molecule has 0 unspecified atom stereocenters. The number of nitrogens with two attached hydrogens (primary N) is 1. The molecule has 0 aromatic heterocycles. The molecule has 0 aliphatic carbocycles. The van der Waals surface area contributed by atoms with E-state index in [4.69, 9.17) is 15.7 Å². The van der Waals surface area contributed by atoms with E-state index in [1.165, 1.54) is 5.56 Å². The largest absolute Gasteiger partial charge is 0.493 e. The quantitative estimate of drug-likeness (QED) is 0.255.